The molecule has 4 aromatic heterocycles. The minimum Gasteiger partial charge on any atom is -0.354 e. The second kappa shape index (κ2) is 9.60. The Balaban J connectivity index is 1.64. The fourth-order valence-corrected chi connectivity index (χ4v) is 5.46. The first kappa shape index (κ1) is 23.5. The molecule has 192 valence electrons. The third-order valence-corrected chi connectivity index (χ3v) is 7.34. The molecule has 0 atom stereocenters. The molecule has 4 N–H and O–H groups in total. The van der Waals surface area contributed by atoms with Crippen molar-refractivity contribution in [3.05, 3.63) is 164 Å². The highest BCUT2D eigenvalue weighted by atomic mass is 16.1. The van der Waals surface area contributed by atoms with Gasteiger partial charge in [0.1, 0.15) is 0 Å². The Bertz CT molecular complexity index is 1990. The first-order valence-corrected chi connectivity index (χ1v) is 13.0. The quantitative estimate of drug-likeness (QED) is 0.269. The molecule has 0 saturated carbocycles. The number of benzene rings is 2. The van der Waals surface area contributed by atoms with Crippen molar-refractivity contribution in [1.29, 1.82) is 0 Å². The lowest BCUT2D eigenvalue weighted by Crippen LogP contribution is -2.19. The summed E-state index contributed by atoms with van der Waals surface area (Å²) in [5, 5.41) is 3.10. The van der Waals surface area contributed by atoms with E-state index in [9.17, 15) is 9.59 Å². The highest BCUT2D eigenvalue weighted by Crippen LogP contribution is 2.25. The molecule has 1 aliphatic rings. The number of H-pyrrole nitrogens is 4. The molecule has 8 bridgehead atoms. The summed E-state index contributed by atoms with van der Waals surface area (Å²) < 4.78 is 0. The largest absolute Gasteiger partial charge is 0.354 e. The SMILES string of the molecule is O=CC1=c2ccc([nH]2)=C(c2ccccc2)c2ccc([nH]2)C(c2ccccc2)=c2ccc([nH]2)=C(C=O)c2ccc1[nH]2. The van der Waals surface area contributed by atoms with Crippen LogP contribution in [0.5, 0.6) is 0 Å². The number of hydrogen-bond acceptors (Lipinski definition) is 2. The van der Waals surface area contributed by atoms with Gasteiger partial charge in [-0.3, -0.25) is 9.59 Å². The molecule has 0 radical (unpaired) electrons. The second-order valence-electron chi connectivity index (χ2n) is 9.69. The maximum Gasteiger partial charge on any atom is 0.154 e. The number of fused-ring (bicyclic) bond motifs is 8. The topological polar surface area (TPSA) is 97.3 Å². The first-order chi connectivity index (χ1) is 19.7. The lowest BCUT2D eigenvalue weighted by molar-refractivity contribution is -0.104. The second-order valence-corrected chi connectivity index (χ2v) is 9.69. The number of carbonyl (C=O) groups is 2. The van der Waals surface area contributed by atoms with Crippen LogP contribution >= 0.6 is 0 Å². The van der Waals surface area contributed by atoms with Crippen LogP contribution in [-0.4, -0.2) is 32.5 Å². The maximum atomic E-state index is 12.3. The predicted octanol–water partition coefficient (Wildman–Crippen LogP) is 2.60. The molecule has 0 amide bonds. The van der Waals surface area contributed by atoms with Gasteiger partial charge in [0.2, 0.25) is 0 Å². The van der Waals surface area contributed by atoms with Crippen molar-refractivity contribution in [1.82, 2.24) is 19.9 Å². The molecule has 0 spiro atoms. The van der Waals surface area contributed by atoms with E-state index in [0.717, 1.165) is 56.9 Å². The minimum absolute atomic E-state index is 0.473. The van der Waals surface area contributed by atoms with E-state index in [1.54, 1.807) is 0 Å². The molecule has 40 heavy (non-hydrogen) atoms. The molecule has 0 aliphatic carbocycles. The summed E-state index contributed by atoms with van der Waals surface area (Å²) in [4.78, 5) is 38.5. The van der Waals surface area contributed by atoms with E-state index in [-0.39, 0.29) is 0 Å². The van der Waals surface area contributed by atoms with Gasteiger partial charge >= 0.3 is 0 Å². The van der Waals surface area contributed by atoms with Crippen molar-refractivity contribution in [3.8, 4) is 0 Å². The van der Waals surface area contributed by atoms with Gasteiger partial charge in [-0.15, -0.1) is 0 Å². The fourth-order valence-electron chi connectivity index (χ4n) is 5.46. The Morgan fingerprint density at radius 3 is 1.18 bits per heavy atom. The van der Waals surface area contributed by atoms with Crippen LogP contribution in [0.1, 0.15) is 33.9 Å². The lowest BCUT2D eigenvalue weighted by Gasteiger charge is -2.08. The Morgan fingerprint density at radius 1 is 0.375 bits per heavy atom. The molecule has 0 saturated heterocycles. The van der Waals surface area contributed by atoms with E-state index in [1.165, 1.54) is 0 Å². The van der Waals surface area contributed by atoms with Crippen LogP contribution in [0, 0.1) is 0 Å². The Hall–Kier alpha value is -5.62. The highest BCUT2D eigenvalue weighted by molar-refractivity contribution is 6.08. The zero-order valence-electron chi connectivity index (χ0n) is 21.4. The van der Waals surface area contributed by atoms with Crippen LogP contribution in [0.4, 0.5) is 0 Å². The number of aldehydes is 2. The molecule has 5 heterocycles. The summed E-state index contributed by atoms with van der Waals surface area (Å²) in [6.45, 7) is 0. The number of carbonyl (C=O) groups excluding carboxylic acids is 2. The van der Waals surface area contributed by atoms with Crippen LogP contribution < -0.4 is 21.4 Å². The van der Waals surface area contributed by atoms with Crippen LogP contribution in [-0.2, 0) is 9.59 Å². The Morgan fingerprint density at radius 2 is 0.750 bits per heavy atom. The van der Waals surface area contributed by atoms with Crippen molar-refractivity contribution in [2.75, 3.05) is 0 Å². The van der Waals surface area contributed by atoms with E-state index < -0.39 is 0 Å². The number of aromatic amines is 4. The van der Waals surface area contributed by atoms with Gasteiger partial charge in [-0.25, -0.2) is 0 Å². The van der Waals surface area contributed by atoms with Crippen LogP contribution in [0.15, 0.2) is 109 Å². The number of aromatic nitrogens is 4. The van der Waals surface area contributed by atoms with Gasteiger partial charge in [0.05, 0.1) is 33.2 Å². The van der Waals surface area contributed by atoms with Gasteiger partial charge in [0.15, 0.2) is 12.6 Å². The third kappa shape index (κ3) is 3.90. The van der Waals surface area contributed by atoms with Crippen molar-refractivity contribution >= 4 is 34.9 Å². The maximum absolute atomic E-state index is 12.3. The van der Waals surface area contributed by atoms with Gasteiger partial charge in [-0.1, -0.05) is 60.7 Å². The zero-order chi connectivity index (χ0) is 27.1. The Labute approximate surface area is 228 Å². The molecule has 6 aromatic rings. The number of rotatable bonds is 4. The lowest BCUT2D eigenvalue weighted by atomic mass is 10.0. The number of nitrogens with one attached hydrogen (secondary N) is 4. The number of hydrogen-bond donors (Lipinski definition) is 4. The molecule has 7 rings (SSSR count). The molecular formula is C34H24N4O2. The van der Waals surface area contributed by atoms with Crippen molar-refractivity contribution in [2.24, 2.45) is 0 Å². The van der Waals surface area contributed by atoms with Crippen molar-refractivity contribution in [2.45, 2.75) is 0 Å². The monoisotopic (exact) mass is 520 g/mol. The summed E-state index contributed by atoms with van der Waals surface area (Å²) in [6.07, 6.45) is 1.66. The minimum atomic E-state index is 0.473. The highest BCUT2D eigenvalue weighted by Gasteiger charge is 2.16. The van der Waals surface area contributed by atoms with Crippen LogP contribution in [0.2, 0.25) is 0 Å². The molecular weight excluding hydrogens is 496 g/mol. The van der Waals surface area contributed by atoms with E-state index >= 15 is 0 Å². The standard InChI is InChI=1S/C34H24N4O2/c39-19-23-25-11-12-26(35-25)24(20-40)28-14-16-30(37-28)34(22-9-5-2-6-10-22)32-18-17-31(38-32)33(21-7-3-1-4-8-21)29-15-13-27(23)36-29/h1-20,35-38H. The average molecular weight is 521 g/mol. The normalized spacial score (nSPS) is 13.0. The molecule has 1 aliphatic heterocycles. The van der Waals surface area contributed by atoms with Crippen molar-refractivity contribution < 1.29 is 9.59 Å². The van der Waals surface area contributed by atoms with Crippen LogP contribution in [0.3, 0.4) is 0 Å². The van der Waals surface area contributed by atoms with E-state index in [0.29, 0.717) is 33.2 Å². The summed E-state index contributed by atoms with van der Waals surface area (Å²) in [5.74, 6) is 0. The molecule has 6 heteroatoms. The Kier molecular flexibility index (Phi) is 5.64. The van der Waals surface area contributed by atoms with E-state index in [1.807, 2.05) is 72.8 Å². The summed E-state index contributed by atoms with van der Waals surface area (Å²) in [5.41, 5.74) is 8.09. The first-order valence-electron chi connectivity index (χ1n) is 13.0. The van der Waals surface area contributed by atoms with Gasteiger partial charge < -0.3 is 19.9 Å². The molecule has 0 unspecified atom stereocenters. The van der Waals surface area contributed by atoms with Crippen LogP contribution in [0.25, 0.3) is 22.3 Å². The predicted molar refractivity (Wildman–Crippen MR) is 155 cm³/mol. The molecule has 2 aromatic carbocycles. The van der Waals surface area contributed by atoms with Gasteiger partial charge in [0, 0.05) is 33.2 Å². The smallest absolute Gasteiger partial charge is 0.154 e. The van der Waals surface area contributed by atoms with Gasteiger partial charge in [-0.2, -0.15) is 0 Å². The summed E-state index contributed by atoms with van der Waals surface area (Å²) in [6, 6.07) is 36.0. The van der Waals surface area contributed by atoms with E-state index in [4.69, 9.17) is 0 Å². The van der Waals surface area contributed by atoms with Gasteiger partial charge in [0.25, 0.3) is 0 Å². The molecule has 0 fully saturated rings. The molecule has 6 nitrogen and oxygen atoms in total. The van der Waals surface area contributed by atoms with Crippen molar-refractivity contribution in [3.63, 3.8) is 0 Å². The zero-order valence-corrected chi connectivity index (χ0v) is 21.4. The summed E-state index contributed by atoms with van der Waals surface area (Å²) >= 11 is 0. The third-order valence-electron chi connectivity index (χ3n) is 7.34. The van der Waals surface area contributed by atoms with E-state index in [2.05, 4.69) is 56.3 Å². The summed E-state index contributed by atoms with van der Waals surface area (Å²) in [7, 11) is 0. The van der Waals surface area contributed by atoms with Gasteiger partial charge in [-0.05, 0) is 59.7 Å². The fraction of sp³-hybridized carbons (Fsp3) is 0. The average Bonchev–Trinajstić information content (AvgIpc) is 3.81.